The number of carbonyl (C=O) groups is 1. The van der Waals surface area contributed by atoms with Gasteiger partial charge in [0.05, 0.1) is 10.0 Å². The Morgan fingerprint density at radius 2 is 2.31 bits per heavy atom. The highest BCUT2D eigenvalue weighted by Crippen LogP contribution is 2.31. The molecule has 1 atom stereocenters. The van der Waals surface area contributed by atoms with E-state index in [1.807, 2.05) is 6.92 Å². The molecular weight excluding hydrogens is 273 g/mol. The molecule has 1 aromatic rings. The van der Waals surface area contributed by atoms with E-state index in [-0.39, 0.29) is 11.3 Å². The number of hydrogen-bond donors (Lipinski definition) is 1. The Kier molecular flexibility index (Phi) is 3.13. The summed E-state index contributed by atoms with van der Waals surface area (Å²) in [5, 5.41) is 3.14. The van der Waals surface area contributed by atoms with E-state index in [2.05, 4.69) is 21.2 Å². The average molecular weight is 286 g/mol. The number of carbonyl (C=O) groups excluding carboxylic acids is 1. The van der Waals surface area contributed by atoms with E-state index in [0.717, 1.165) is 13.0 Å². The molecule has 4 heteroatoms. The molecule has 0 aliphatic carbocycles. The van der Waals surface area contributed by atoms with Crippen molar-refractivity contribution in [1.29, 1.82) is 0 Å². The van der Waals surface area contributed by atoms with Gasteiger partial charge in [-0.25, -0.2) is 4.39 Å². The summed E-state index contributed by atoms with van der Waals surface area (Å²) >= 11 is 3.10. The predicted octanol–water partition coefficient (Wildman–Crippen LogP) is 2.77. The first-order valence-electron chi connectivity index (χ1n) is 5.24. The molecule has 1 saturated heterocycles. The molecule has 0 amide bonds. The van der Waals surface area contributed by atoms with E-state index in [0.29, 0.717) is 11.0 Å². The Hall–Kier alpha value is -0.740. The molecule has 0 spiro atoms. The minimum absolute atomic E-state index is 0.115. The van der Waals surface area contributed by atoms with Crippen LogP contribution in [0.2, 0.25) is 0 Å². The molecule has 0 saturated carbocycles. The van der Waals surface area contributed by atoms with Crippen LogP contribution in [-0.4, -0.2) is 18.9 Å². The summed E-state index contributed by atoms with van der Waals surface area (Å²) in [7, 11) is 0. The SMILES string of the molecule is CC1(C(=O)c2cccc(Br)c2F)CCNC1. The van der Waals surface area contributed by atoms with Crippen molar-refractivity contribution in [3.05, 3.63) is 34.1 Å². The third kappa shape index (κ3) is 1.92. The Bertz CT molecular complexity index is 427. The van der Waals surface area contributed by atoms with Crippen molar-refractivity contribution in [3.63, 3.8) is 0 Å². The lowest BCUT2D eigenvalue weighted by Gasteiger charge is -2.21. The largest absolute Gasteiger partial charge is 0.316 e. The third-order valence-corrected chi connectivity index (χ3v) is 3.73. The Balaban J connectivity index is 2.37. The number of rotatable bonds is 2. The quantitative estimate of drug-likeness (QED) is 0.847. The van der Waals surface area contributed by atoms with Gasteiger partial charge in [-0.15, -0.1) is 0 Å². The van der Waals surface area contributed by atoms with Gasteiger partial charge in [-0.3, -0.25) is 4.79 Å². The van der Waals surface area contributed by atoms with Crippen LogP contribution in [0.5, 0.6) is 0 Å². The highest BCUT2D eigenvalue weighted by molar-refractivity contribution is 9.10. The molecule has 1 unspecified atom stereocenters. The van der Waals surface area contributed by atoms with Crippen molar-refractivity contribution < 1.29 is 9.18 Å². The molecule has 1 heterocycles. The lowest BCUT2D eigenvalue weighted by molar-refractivity contribution is 0.0835. The molecule has 2 rings (SSSR count). The van der Waals surface area contributed by atoms with Gasteiger partial charge in [-0.05, 0) is 41.0 Å². The van der Waals surface area contributed by atoms with Gasteiger partial charge in [-0.1, -0.05) is 13.0 Å². The summed E-state index contributed by atoms with van der Waals surface area (Å²) in [6, 6.07) is 4.83. The molecule has 86 valence electrons. The highest BCUT2D eigenvalue weighted by Gasteiger charge is 2.38. The molecule has 1 fully saturated rings. The zero-order valence-corrected chi connectivity index (χ0v) is 10.6. The fraction of sp³-hybridized carbons (Fsp3) is 0.417. The second-order valence-electron chi connectivity index (χ2n) is 4.42. The van der Waals surface area contributed by atoms with Gasteiger partial charge in [0.15, 0.2) is 5.78 Å². The summed E-state index contributed by atoms with van der Waals surface area (Å²) in [6.07, 6.45) is 0.762. The molecule has 0 aromatic heterocycles. The predicted molar refractivity (Wildman–Crippen MR) is 64.0 cm³/mol. The molecule has 0 bridgehead atoms. The van der Waals surface area contributed by atoms with E-state index >= 15 is 0 Å². The van der Waals surface area contributed by atoms with Crippen LogP contribution >= 0.6 is 15.9 Å². The second-order valence-corrected chi connectivity index (χ2v) is 5.27. The first-order chi connectivity index (χ1) is 7.54. The van der Waals surface area contributed by atoms with E-state index in [1.54, 1.807) is 18.2 Å². The number of ketones is 1. The van der Waals surface area contributed by atoms with Gasteiger partial charge in [0.2, 0.25) is 0 Å². The number of halogens is 2. The van der Waals surface area contributed by atoms with E-state index < -0.39 is 11.2 Å². The van der Waals surface area contributed by atoms with Crippen molar-refractivity contribution in [2.24, 2.45) is 5.41 Å². The number of nitrogens with one attached hydrogen (secondary N) is 1. The fourth-order valence-corrected chi connectivity index (χ4v) is 2.38. The van der Waals surface area contributed by atoms with Crippen molar-refractivity contribution >= 4 is 21.7 Å². The van der Waals surface area contributed by atoms with Gasteiger partial charge in [-0.2, -0.15) is 0 Å². The van der Waals surface area contributed by atoms with Crippen molar-refractivity contribution in [2.45, 2.75) is 13.3 Å². The minimum atomic E-state index is -0.471. The topological polar surface area (TPSA) is 29.1 Å². The van der Waals surface area contributed by atoms with Crippen LogP contribution in [0.3, 0.4) is 0 Å². The van der Waals surface area contributed by atoms with Gasteiger partial charge < -0.3 is 5.32 Å². The summed E-state index contributed by atoms with van der Waals surface area (Å²) in [4.78, 5) is 12.2. The molecule has 1 aromatic carbocycles. The maximum Gasteiger partial charge on any atom is 0.173 e. The summed E-state index contributed by atoms with van der Waals surface area (Å²) in [5.74, 6) is -0.572. The molecule has 1 N–H and O–H groups in total. The Labute approximate surface area is 102 Å². The van der Waals surface area contributed by atoms with E-state index in [4.69, 9.17) is 0 Å². The molecule has 1 aliphatic rings. The smallest absolute Gasteiger partial charge is 0.173 e. The minimum Gasteiger partial charge on any atom is -0.316 e. The van der Waals surface area contributed by atoms with Crippen molar-refractivity contribution in [2.75, 3.05) is 13.1 Å². The third-order valence-electron chi connectivity index (χ3n) is 3.11. The zero-order valence-electron chi connectivity index (χ0n) is 9.02. The van der Waals surface area contributed by atoms with Gasteiger partial charge in [0, 0.05) is 12.0 Å². The molecule has 16 heavy (non-hydrogen) atoms. The molecule has 2 nitrogen and oxygen atoms in total. The summed E-state index contributed by atoms with van der Waals surface area (Å²) in [5.41, 5.74) is -0.290. The molecule has 1 aliphatic heterocycles. The average Bonchev–Trinajstić information content (AvgIpc) is 2.70. The standard InChI is InChI=1S/C12H13BrFNO/c1-12(5-6-15-7-12)11(16)8-3-2-4-9(13)10(8)14/h2-4,15H,5-7H2,1H3. The molecule has 0 radical (unpaired) electrons. The van der Waals surface area contributed by atoms with Crippen LogP contribution in [0.25, 0.3) is 0 Å². The van der Waals surface area contributed by atoms with Gasteiger partial charge >= 0.3 is 0 Å². The van der Waals surface area contributed by atoms with Crippen LogP contribution < -0.4 is 5.32 Å². The second kappa shape index (κ2) is 4.26. The highest BCUT2D eigenvalue weighted by atomic mass is 79.9. The van der Waals surface area contributed by atoms with Crippen LogP contribution in [0.15, 0.2) is 22.7 Å². The van der Waals surface area contributed by atoms with Gasteiger partial charge in [0.1, 0.15) is 5.82 Å². The van der Waals surface area contributed by atoms with Gasteiger partial charge in [0.25, 0.3) is 0 Å². The maximum atomic E-state index is 13.8. The number of Topliss-reactive ketones (excluding diaryl/α,β-unsaturated/α-hetero) is 1. The lowest BCUT2D eigenvalue weighted by Crippen LogP contribution is -2.30. The first-order valence-corrected chi connectivity index (χ1v) is 6.03. The van der Waals surface area contributed by atoms with Crippen LogP contribution in [0, 0.1) is 11.2 Å². The van der Waals surface area contributed by atoms with Crippen LogP contribution in [0.1, 0.15) is 23.7 Å². The van der Waals surface area contributed by atoms with E-state index in [9.17, 15) is 9.18 Å². The first kappa shape index (κ1) is 11.7. The Morgan fingerprint density at radius 1 is 1.56 bits per heavy atom. The lowest BCUT2D eigenvalue weighted by atomic mass is 9.81. The Morgan fingerprint density at radius 3 is 2.94 bits per heavy atom. The normalized spacial score (nSPS) is 24.7. The monoisotopic (exact) mass is 285 g/mol. The van der Waals surface area contributed by atoms with Crippen molar-refractivity contribution in [1.82, 2.24) is 5.32 Å². The summed E-state index contributed by atoms with van der Waals surface area (Å²) in [6.45, 7) is 3.32. The number of hydrogen-bond acceptors (Lipinski definition) is 2. The zero-order chi connectivity index (χ0) is 11.8. The summed E-state index contributed by atoms with van der Waals surface area (Å²) < 4.78 is 14.1. The van der Waals surface area contributed by atoms with Crippen molar-refractivity contribution in [3.8, 4) is 0 Å². The van der Waals surface area contributed by atoms with E-state index in [1.165, 1.54) is 0 Å². The van der Waals surface area contributed by atoms with Crippen LogP contribution in [-0.2, 0) is 0 Å². The maximum absolute atomic E-state index is 13.8. The molecular formula is C12H13BrFNO. The van der Waals surface area contributed by atoms with Crippen LogP contribution in [0.4, 0.5) is 4.39 Å². The fourth-order valence-electron chi connectivity index (χ4n) is 2.02. The number of benzene rings is 1.